The maximum Gasteiger partial charge on any atom is 0.295 e. The van der Waals surface area contributed by atoms with Gasteiger partial charge in [0.2, 0.25) is 0 Å². The summed E-state index contributed by atoms with van der Waals surface area (Å²) in [5.74, 6) is -0.390. The van der Waals surface area contributed by atoms with Gasteiger partial charge in [0.25, 0.3) is 11.7 Å². The summed E-state index contributed by atoms with van der Waals surface area (Å²) in [6.45, 7) is 9.60. The van der Waals surface area contributed by atoms with Crippen LogP contribution in [0.25, 0.3) is 5.76 Å². The molecule has 1 amide bonds. The van der Waals surface area contributed by atoms with E-state index in [2.05, 4.69) is 18.7 Å². The van der Waals surface area contributed by atoms with Gasteiger partial charge in [-0.1, -0.05) is 56.5 Å². The number of carbonyl (C=O) groups excluding carboxylic acids is 2. The third kappa shape index (κ3) is 6.76. The Morgan fingerprint density at radius 2 is 1.55 bits per heavy atom. The third-order valence-corrected chi connectivity index (χ3v) is 7.13. The Morgan fingerprint density at radius 1 is 0.921 bits per heavy atom. The average Bonchev–Trinajstić information content (AvgIpc) is 3.18. The molecule has 1 fully saturated rings. The molecular weight excluding hydrogens is 480 g/mol. The van der Waals surface area contributed by atoms with Crippen molar-refractivity contribution < 1.29 is 24.2 Å². The van der Waals surface area contributed by atoms with Crippen molar-refractivity contribution in [1.82, 2.24) is 9.80 Å². The molecule has 7 heteroatoms. The number of nitrogens with zero attached hydrogens (tertiary/aromatic N) is 2. The number of methoxy groups -OCH3 is 2. The SMILES string of the molecule is CCCCN(CCCC)CCCN1C(=O)C(=O)C(=C(O)c2ccc(C)cc2)[C@H]1c1cc(OC)ccc1OC. The van der Waals surface area contributed by atoms with E-state index in [0.29, 0.717) is 35.6 Å². The molecule has 1 saturated heterocycles. The van der Waals surface area contributed by atoms with Crippen LogP contribution in [0.5, 0.6) is 11.5 Å². The number of hydrogen-bond donors (Lipinski definition) is 1. The quantitative estimate of drug-likeness (QED) is 0.194. The fourth-order valence-electron chi connectivity index (χ4n) is 4.92. The number of ketones is 1. The number of rotatable bonds is 14. The van der Waals surface area contributed by atoms with E-state index < -0.39 is 17.7 Å². The molecular formula is C31H42N2O5. The summed E-state index contributed by atoms with van der Waals surface area (Å²) in [5, 5.41) is 11.3. The highest BCUT2D eigenvalue weighted by molar-refractivity contribution is 6.46. The van der Waals surface area contributed by atoms with Crippen molar-refractivity contribution in [2.75, 3.05) is 40.4 Å². The largest absolute Gasteiger partial charge is 0.507 e. The molecule has 2 aromatic carbocycles. The number of carbonyl (C=O) groups is 2. The molecule has 0 saturated carbocycles. The maximum absolute atomic E-state index is 13.4. The number of Topliss-reactive ketones (excluding diaryl/α,β-unsaturated/α-hetero) is 1. The molecule has 0 spiro atoms. The van der Waals surface area contributed by atoms with Gasteiger partial charge in [0.15, 0.2) is 0 Å². The Hall–Kier alpha value is -3.32. The molecule has 0 aliphatic carbocycles. The van der Waals surface area contributed by atoms with Crippen molar-refractivity contribution in [2.24, 2.45) is 0 Å². The minimum absolute atomic E-state index is 0.0687. The van der Waals surface area contributed by atoms with Gasteiger partial charge in [-0.15, -0.1) is 0 Å². The lowest BCUT2D eigenvalue weighted by molar-refractivity contribution is -0.140. The van der Waals surface area contributed by atoms with Gasteiger partial charge in [-0.2, -0.15) is 0 Å². The van der Waals surface area contributed by atoms with Gasteiger partial charge in [0.05, 0.1) is 25.8 Å². The zero-order valence-electron chi connectivity index (χ0n) is 23.5. The fourth-order valence-corrected chi connectivity index (χ4v) is 4.92. The number of unbranched alkanes of at least 4 members (excludes halogenated alkanes) is 2. The monoisotopic (exact) mass is 522 g/mol. The number of aliphatic hydroxyl groups excluding tert-OH is 1. The summed E-state index contributed by atoms with van der Waals surface area (Å²) in [5.41, 5.74) is 2.20. The Kier molecular flexibility index (Phi) is 10.8. The lowest BCUT2D eigenvalue weighted by Crippen LogP contribution is -2.34. The van der Waals surface area contributed by atoms with Gasteiger partial charge in [-0.05, 0) is 64.0 Å². The van der Waals surface area contributed by atoms with Crippen molar-refractivity contribution in [3.8, 4) is 11.5 Å². The van der Waals surface area contributed by atoms with E-state index in [1.165, 1.54) is 0 Å². The molecule has 206 valence electrons. The second-order valence-corrected chi connectivity index (χ2v) is 9.87. The van der Waals surface area contributed by atoms with Crippen molar-refractivity contribution in [3.63, 3.8) is 0 Å². The van der Waals surface area contributed by atoms with Gasteiger partial charge in [-0.25, -0.2) is 0 Å². The van der Waals surface area contributed by atoms with E-state index in [-0.39, 0.29) is 11.3 Å². The van der Waals surface area contributed by atoms with Crippen LogP contribution in [0.4, 0.5) is 0 Å². The standard InChI is InChI=1S/C31H42N2O5/c1-6-8-17-32(18-9-7-2)19-10-20-33-28(25-21-24(37-4)15-16-26(25)38-5)27(30(35)31(33)36)29(34)23-13-11-22(3)12-14-23/h11-16,21,28,34H,6-10,17-20H2,1-5H3/t28-/m1/s1. The number of ether oxygens (including phenoxy) is 2. The number of hydrogen-bond acceptors (Lipinski definition) is 6. The Balaban J connectivity index is 2.02. The van der Waals surface area contributed by atoms with Crippen LogP contribution in [0.3, 0.4) is 0 Å². The minimum atomic E-state index is -0.791. The Bertz CT molecular complexity index is 1120. The van der Waals surface area contributed by atoms with Crippen LogP contribution < -0.4 is 9.47 Å². The molecule has 0 bridgehead atoms. The van der Waals surface area contributed by atoms with Gasteiger partial charge in [-0.3, -0.25) is 9.59 Å². The van der Waals surface area contributed by atoms with Gasteiger partial charge >= 0.3 is 0 Å². The molecule has 0 aromatic heterocycles. The predicted molar refractivity (Wildman–Crippen MR) is 151 cm³/mol. The number of aryl methyl sites for hydroxylation is 1. The minimum Gasteiger partial charge on any atom is -0.507 e. The molecule has 1 heterocycles. The van der Waals surface area contributed by atoms with Gasteiger partial charge in [0.1, 0.15) is 17.3 Å². The lowest BCUT2D eigenvalue weighted by atomic mass is 9.94. The van der Waals surface area contributed by atoms with Crippen LogP contribution in [0, 0.1) is 6.92 Å². The van der Waals surface area contributed by atoms with Crippen molar-refractivity contribution in [2.45, 2.75) is 58.9 Å². The highest BCUT2D eigenvalue weighted by Gasteiger charge is 2.47. The second kappa shape index (κ2) is 14.0. The second-order valence-electron chi connectivity index (χ2n) is 9.87. The molecule has 3 rings (SSSR count). The summed E-state index contributed by atoms with van der Waals surface area (Å²) in [7, 11) is 3.12. The molecule has 2 aromatic rings. The van der Waals surface area contributed by atoms with E-state index in [1.807, 2.05) is 19.1 Å². The molecule has 1 aliphatic heterocycles. The van der Waals surface area contributed by atoms with Gasteiger partial charge in [0, 0.05) is 17.7 Å². The van der Waals surface area contributed by atoms with Crippen LogP contribution in [-0.2, 0) is 9.59 Å². The summed E-state index contributed by atoms with van der Waals surface area (Å²) < 4.78 is 11.1. The molecule has 0 unspecified atom stereocenters. The highest BCUT2D eigenvalue weighted by Crippen LogP contribution is 2.44. The summed E-state index contributed by atoms with van der Waals surface area (Å²) in [6.07, 6.45) is 5.24. The van der Waals surface area contributed by atoms with Crippen LogP contribution >= 0.6 is 0 Å². The first-order valence-corrected chi connectivity index (χ1v) is 13.7. The van der Waals surface area contributed by atoms with Crippen LogP contribution in [0.2, 0.25) is 0 Å². The fraction of sp³-hybridized carbons (Fsp3) is 0.484. The Labute approximate surface area is 227 Å². The number of likely N-dealkylation sites (tertiary alicyclic amines) is 1. The predicted octanol–water partition coefficient (Wildman–Crippen LogP) is 5.73. The number of benzene rings is 2. The molecule has 38 heavy (non-hydrogen) atoms. The number of aliphatic hydroxyl groups is 1. The van der Waals surface area contributed by atoms with E-state index in [4.69, 9.17) is 9.47 Å². The van der Waals surface area contributed by atoms with E-state index >= 15 is 0 Å². The van der Waals surface area contributed by atoms with Crippen molar-refractivity contribution in [3.05, 3.63) is 64.7 Å². The first-order valence-electron chi connectivity index (χ1n) is 13.7. The first-order chi connectivity index (χ1) is 18.4. The smallest absolute Gasteiger partial charge is 0.295 e. The van der Waals surface area contributed by atoms with Crippen molar-refractivity contribution >= 4 is 17.4 Å². The normalized spacial score (nSPS) is 16.9. The third-order valence-electron chi connectivity index (χ3n) is 7.13. The van der Waals surface area contributed by atoms with Crippen LogP contribution in [0.1, 0.15) is 68.7 Å². The Morgan fingerprint density at radius 3 is 2.13 bits per heavy atom. The molecule has 1 aliphatic rings. The van der Waals surface area contributed by atoms with Gasteiger partial charge < -0.3 is 24.4 Å². The van der Waals surface area contributed by atoms with Crippen LogP contribution in [0.15, 0.2) is 48.0 Å². The lowest BCUT2D eigenvalue weighted by Gasteiger charge is -2.28. The zero-order chi connectivity index (χ0) is 27.7. The zero-order valence-corrected chi connectivity index (χ0v) is 23.5. The molecule has 7 nitrogen and oxygen atoms in total. The van der Waals surface area contributed by atoms with Crippen molar-refractivity contribution in [1.29, 1.82) is 0 Å². The molecule has 1 atom stereocenters. The highest BCUT2D eigenvalue weighted by atomic mass is 16.5. The van der Waals surface area contributed by atoms with E-state index in [1.54, 1.807) is 49.5 Å². The maximum atomic E-state index is 13.4. The number of amides is 1. The average molecular weight is 523 g/mol. The topological polar surface area (TPSA) is 79.3 Å². The summed E-state index contributed by atoms with van der Waals surface area (Å²) in [6, 6.07) is 11.8. The molecule has 1 N–H and O–H groups in total. The van der Waals surface area contributed by atoms with E-state index in [9.17, 15) is 14.7 Å². The van der Waals surface area contributed by atoms with Crippen LogP contribution in [-0.4, -0.2) is 67.0 Å². The first kappa shape index (κ1) is 29.2. The molecule has 0 radical (unpaired) electrons. The van der Waals surface area contributed by atoms with E-state index in [0.717, 1.165) is 50.9 Å². The summed E-state index contributed by atoms with van der Waals surface area (Å²) >= 11 is 0. The summed E-state index contributed by atoms with van der Waals surface area (Å²) in [4.78, 5) is 30.9.